The van der Waals surface area contributed by atoms with Crippen LogP contribution in [0.15, 0.2) is 0 Å². The Morgan fingerprint density at radius 2 is 0.436 bits per heavy atom. The largest absolute Gasteiger partial charge is 0.466 e. The van der Waals surface area contributed by atoms with Gasteiger partial charge >= 0.3 is 47.8 Å². The van der Waals surface area contributed by atoms with Crippen LogP contribution in [0.5, 0.6) is 0 Å². The molecule has 0 unspecified atom stereocenters. The number of carbonyl (C=O) groups excluding carboxylic acids is 8. The van der Waals surface area contributed by atoms with Crippen molar-refractivity contribution in [3.05, 3.63) is 0 Å². The molecule has 0 aliphatic carbocycles. The van der Waals surface area contributed by atoms with Crippen LogP contribution < -0.4 is 0 Å². The lowest BCUT2D eigenvalue weighted by atomic mass is 10.1. The Hall–Kier alpha value is -4.24. The number of hydrogen-bond acceptors (Lipinski definition) is 16. The van der Waals surface area contributed by atoms with Gasteiger partial charge in [-0.05, 0) is 80.1 Å². The van der Waals surface area contributed by atoms with Crippen LogP contribution in [-0.2, 0) is 76.3 Å². The van der Waals surface area contributed by atoms with E-state index in [9.17, 15) is 38.4 Å². The van der Waals surface area contributed by atoms with E-state index >= 15 is 0 Å². The second kappa shape index (κ2) is 62.0. The number of hydrogen-bond donors (Lipinski definition) is 0. The standard InChI is InChI=1S/C20H38O4.C16H30O4.C14H26O4.C12H22O4/c1-4-6-8-10-12-14-16-23-20(22)17-18(3)24-19(21)15-13-11-9-7-5-2;1-4-6-8-10-12-19-16(18)13-14(3)20-15(17)11-9-7-5-2;1-4-6-7-8-9-10-13(15)18-12(3)11-14(16)17-5-2;1-4-6-7-8-11(13)16-10(3)9-12(14)15-5-2/h18H,4-17H2,1-3H3;14H,4-13H2,1-3H3;12H,4-11H2,1-3H3;10H,4-9H2,1-3H3/t18-;14-;12-;10-/m0000/s1. The maximum atomic E-state index is 11.7. The van der Waals surface area contributed by atoms with E-state index < -0.39 is 24.4 Å². The number of ether oxygens (including phenoxy) is 8. The summed E-state index contributed by atoms with van der Waals surface area (Å²) in [5, 5.41) is 0. The van der Waals surface area contributed by atoms with Gasteiger partial charge in [-0.15, -0.1) is 0 Å². The summed E-state index contributed by atoms with van der Waals surface area (Å²) in [5.74, 6) is -2.07. The minimum atomic E-state index is -0.398. The normalized spacial score (nSPS) is 11.9. The molecule has 0 saturated carbocycles. The zero-order valence-corrected chi connectivity index (χ0v) is 51.7. The Balaban J connectivity index is -0.000000473. The predicted molar refractivity (Wildman–Crippen MR) is 308 cm³/mol. The molecule has 0 aromatic carbocycles. The molecule has 0 spiro atoms. The molecular weight excluding hydrogens is 1000 g/mol. The first-order valence-corrected chi connectivity index (χ1v) is 30.8. The fraction of sp³-hybridized carbons (Fsp3) is 0.871. The molecule has 0 heterocycles. The third-order valence-corrected chi connectivity index (χ3v) is 11.7. The van der Waals surface area contributed by atoms with E-state index in [0.29, 0.717) is 52.1 Å². The first-order chi connectivity index (χ1) is 37.4. The first kappa shape index (κ1) is 80.2. The lowest BCUT2D eigenvalue weighted by Gasteiger charge is -2.13. The van der Waals surface area contributed by atoms with Crippen molar-refractivity contribution in [3.8, 4) is 0 Å². The molecule has 0 aromatic heterocycles. The summed E-state index contributed by atoms with van der Waals surface area (Å²) in [6.45, 7) is 24.9. The van der Waals surface area contributed by atoms with E-state index in [2.05, 4.69) is 41.5 Å². The van der Waals surface area contributed by atoms with Crippen molar-refractivity contribution >= 4 is 47.8 Å². The Kier molecular flexibility index (Phi) is 63.7. The molecule has 0 bridgehead atoms. The molecule has 0 rings (SSSR count). The maximum absolute atomic E-state index is 11.7. The van der Waals surface area contributed by atoms with Crippen molar-refractivity contribution in [2.24, 2.45) is 0 Å². The van der Waals surface area contributed by atoms with Crippen LogP contribution in [0, 0.1) is 0 Å². The van der Waals surface area contributed by atoms with Crippen LogP contribution in [0.3, 0.4) is 0 Å². The molecule has 78 heavy (non-hydrogen) atoms. The van der Waals surface area contributed by atoms with Gasteiger partial charge in [-0.3, -0.25) is 38.4 Å². The molecular formula is C62H116O16. The Morgan fingerprint density at radius 3 is 0.692 bits per heavy atom. The Labute approximate surface area is 474 Å². The predicted octanol–water partition coefficient (Wildman–Crippen LogP) is 15.3. The van der Waals surface area contributed by atoms with Crippen LogP contribution >= 0.6 is 0 Å². The second-order valence-corrected chi connectivity index (χ2v) is 20.1. The second-order valence-electron chi connectivity index (χ2n) is 20.1. The van der Waals surface area contributed by atoms with Gasteiger partial charge in [0.2, 0.25) is 0 Å². The van der Waals surface area contributed by atoms with Crippen LogP contribution in [0.4, 0.5) is 0 Å². The van der Waals surface area contributed by atoms with E-state index in [0.717, 1.165) is 89.9 Å². The highest BCUT2D eigenvalue weighted by Crippen LogP contribution is 2.12. The van der Waals surface area contributed by atoms with Gasteiger partial charge in [-0.1, -0.05) is 170 Å². The maximum Gasteiger partial charge on any atom is 0.309 e. The number of esters is 8. The Bertz CT molecular complexity index is 1450. The topological polar surface area (TPSA) is 210 Å². The molecule has 4 atom stereocenters. The number of carbonyl (C=O) groups is 8. The van der Waals surface area contributed by atoms with Gasteiger partial charge in [0, 0.05) is 25.7 Å². The Morgan fingerprint density at radius 1 is 0.244 bits per heavy atom. The van der Waals surface area contributed by atoms with Gasteiger partial charge in [-0.25, -0.2) is 0 Å². The molecule has 0 aliphatic heterocycles. The van der Waals surface area contributed by atoms with Gasteiger partial charge < -0.3 is 37.9 Å². The highest BCUT2D eigenvalue weighted by atomic mass is 16.6. The monoisotopic (exact) mass is 1120 g/mol. The minimum absolute atomic E-state index is 0.132. The van der Waals surface area contributed by atoms with Gasteiger partial charge in [0.25, 0.3) is 0 Å². The van der Waals surface area contributed by atoms with E-state index in [1.165, 1.54) is 77.0 Å². The average Bonchev–Trinajstić information content (AvgIpc) is 3.36. The average molecular weight is 1120 g/mol. The molecule has 460 valence electrons. The van der Waals surface area contributed by atoms with Crippen molar-refractivity contribution in [1.29, 1.82) is 0 Å². The van der Waals surface area contributed by atoms with Gasteiger partial charge in [0.1, 0.15) is 24.4 Å². The van der Waals surface area contributed by atoms with Gasteiger partial charge in [0.05, 0.1) is 52.1 Å². The summed E-state index contributed by atoms with van der Waals surface area (Å²) in [6.07, 6.45) is 29.0. The van der Waals surface area contributed by atoms with Crippen molar-refractivity contribution in [2.75, 3.05) is 26.4 Å². The first-order valence-electron chi connectivity index (χ1n) is 30.8. The van der Waals surface area contributed by atoms with E-state index in [1.807, 2.05) is 0 Å². The molecule has 0 radical (unpaired) electrons. The molecule has 16 nitrogen and oxygen atoms in total. The molecule has 0 N–H and O–H groups in total. The van der Waals surface area contributed by atoms with Gasteiger partial charge in [0.15, 0.2) is 0 Å². The molecule has 0 aliphatic rings. The van der Waals surface area contributed by atoms with Crippen LogP contribution in [0.25, 0.3) is 0 Å². The van der Waals surface area contributed by atoms with E-state index in [4.69, 9.17) is 37.9 Å². The molecule has 0 amide bonds. The summed E-state index contributed by atoms with van der Waals surface area (Å²) in [4.78, 5) is 91.3. The fourth-order valence-electron chi connectivity index (χ4n) is 7.36. The SMILES string of the molecule is CCCCCC(=O)O[C@@H](C)CC(=O)OCC.CCCCCCCC(=O)O[C@@H](C)CC(=O)OCC.CCCCCCCCOC(=O)C[C@H](C)OC(=O)CCCCCCC.CCCCCCOC(=O)C[C@H](C)OC(=O)CCCCC. The minimum Gasteiger partial charge on any atom is -0.466 e. The third-order valence-electron chi connectivity index (χ3n) is 11.7. The highest BCUT2D eigenvalue weighted by molar-refractivity contribution is 5.74. The third kappa shape index (κ3) is 66.0. The highest BCUT2D eigenvalue weighted by Gasteiger charge is 2.18. The number of unbranched alkanes of at least 4 members (excludes halogenated alkanes) is 20. The summed E-state index contributed by atoms with van der Waals surface area (Å²) in [7, 11) is 0. The lowest BCUT2D eigenvalue weighted by Crippen LogP contribution is -2.20. The van der Waals surface area contributed by atoms with Gasteiger partial charge in [-0.2, -0.15) is 0 Å². The van der Waals surface area contributed by atoms with Crippen LogP contribution in [0.1, 0.15) is 301 Å². The molecule has 0 fully saturated rings. The molecule has 16 heteroatoms. The zero-order valence-electron chi connectivity index (χ0n) is 51.7. The summed E-state index contributed by atoms with van der Waals surface area (Å²) in [6, 6.07) is 0. The van der Waals surface area contributed by atoms with Crippen molar-refractivity contribution in [1.82, 2.24) is 0 Å². The lowest BCUT2D eigenvalue weighted by molar-refractivity contribution is -0.156. The number of rotatable bonds is 46. The van der Waals surface area contributed by atoms with Crippen molar-refractivity contribution in [2.45, 2.75) is 326 Å². The van der Waals surface area contributed by atoms with E-state index in [-0.39, 0.29) is 73.4 Å². The summed E-state index contributed by atoms with van der Waals surface area (Å²) < 4.78 is 40.5. The summed E-state index contributed by atoms with van der Waals surface area (Å²) >= 11 is 0. The van der Waals surface area contributed by atoms with Crippen molar-refractivity contribution < 1.29 is 76.3 Å². The van der Waals surface area contributed by atoms with Crippen molar-refractivity contribution in [3.63, 3.8) is 0 Å². The van der Waals surface area contributed by atoms with E-state index in [1.54, 1.807) is 41.5 Å². The van der Waals surface area contributed by atoms with Crippen LogP contribution in [0.2, 0.25) is 0 Å². The fourth-order valence-corrected chi connectivity index (χ4v) is 7.36. The smallest absolute Gasteiger partial charge is 0.309 e. The molecule has 0 aromatic rings. The summed E-state index contributed by atoms with van der Waals surface area (Å²) in [5.41, 5.74) is 0. The van der Waals surface area contributed by atoms with Crippen LogP contribution in [-0.4, -0.2) is 98.6 Å². The zero-order chi connectivity index (χ0) is 59.5. The molecule has 0 saturated heterocycles. The quantitative estimate of drug-likeness (QED) is 0.0315.